The maximum absolute atomic E-state index is 6.09. The number of hydrogen-bond acceptors (Lipinski definition) is 4. The summed E-state index contributed by atoms with van der Waals surface area (Å²) < 4.78 is 0. The van der Waals surface area contributed by atoms with Crippen molar-refractivity contribution in [1.82, 2.24) is 4.98 Å². The summed E-state index contributed by atoms with van der Waals surface area (Å²) >= 11 is 13.6. The monoisotopic (exact) mass is 391 g/mol. The van der Waals surface area contributed by atoms with Crippen LogP contribution in [0.3, 0.4) is 0 Å². The van der Waals surface area contributed by atoms with Gasteiger partial charge >= 0.3 is 0 Å². The fourth-order valence-corrected chi connectivity index (χ4v) is 3.62. The Hall–Kier alpha value is -1.75. The maximum Gasteiger partial charge on any atom is 0.187 e. The molecule has 3 rings (SSSR count). The zero-order valence-corrected chi connectivity index (χ0v) is 16.4. The first kappa shape index (κ1) is 18.1. The van der Waals surface area contributed by atoms with Gasteiger partial charge in [0.2, 0.25) is 0 Å². The van der Waals surface area contributed by atoms with E-state index in [2.05, 4.69) is 53.3 Å². The van der Waals surface area contributed by atoms with Crippen LogP contribution in [0, 0.1) is 0 Å². The summed E-state index contributed by atoms with van der Waals surface area (Å²) in [4.78, 5) is 6.95. The van der Waals surface area contributed by atoms with Crippen LogP contribution >= 0.6 is 34.5 Å². The van der Waals surface area contributed by atoms with E-state index >= 15 is 0 Å². The van der Waals surface area contributed by atoms with Gasteiger partial charge in [0.05, 0.1) is 15.7 Å². The number of anilines is 3. The lowest BCUT2D eigenvalue weighted by Crippen LogP contribution is -2.21. The molecule has 0 aliphatic carbocycles. The summed E-state index contributed by atoms with van der Waals surface area (Å²) in [6.07, 6.45) is 0. The lowest BCUT2D eigenvalue weighted by molar-refractivity contribution is 0.866. The van der Waals surface area contributed by atoms with Gasteiger partial charge < -0.3 is 10.2 Å². The molecule has 0 atom stereocenters. The molecule has 3 aromatic rings. The Kier molecular flexibility index (Phi) is 5.84. The van der Waals surface area contributed by atoms with Gasteiger partial charge in [-0.05, 0) is 50.2 Å². The predicted molar refractivity (Wildman–Crippen MR) is 111 cm³/mol. The number of nitrogens with zero attached hydrogens (tertiary/aromatic N) is 2. The van der Waals surface area contributed by atoms with Crippen molar-refractivity contribution in [1.29, 1.82) is 0 Å². The van der Waals surface area contributed by atoms with Crippen LogP contribution in [0.25, 0.3) is 11.3 Å². The quantitative estimate of drug-likeness (QED) is 0.506. The van der Waals surface area contributed by atoms with Gasteiger partial charge in [-0.1, -0.05) is 29.3 Å². The Bertz CT molecular complexity index is 842. The van der Waals surface area contributed by atoms with E-state index in [0.29, 0.717) is 10.0 Å². The van der Waals surface area contributed by atoms with E-state index in [0.717, 1.165) is 35.2 Å². The highest BCUT2D eigenvalue weighted by Gasteiger charge is 2.08. The molecule has 0 amide bonds. The van der Waals surface area contributed by atoms with E-state index in [-0.39, 0.29) is 0 Å². The minimum absolute atomic E-state index is 0.536. The number of benzene rings is 2. The van der Waals surface area contributed by atoms with Crippen LogP contribution in [0.5, 0.6) is 0 Å². The average molecular weight is 392 g/mol. The van der Waals surface area contributed by atoms with E-state index in [1.54, 1.807) is 17.4 Å². The lowest BCUT2D eigenvalue weighted by atomic mass is 10.2. The lowest BCUT2D eigenvalue weighted by Gasteiger charge is -2.21. The second-order valence-electron chi connectivity index (χ2n) is 5.51. The number of aromatic nitrogens is 1. The summed E-state index contributed by atoms with van der Waals surface area (Å²) in [7, 11) is 0. The van der Waals surface area contributed by atoms with Gasteiger partial charge in [0.15, 0.2) is 5.13 Å². The topological polar surface area (TPSA) is 28.2 Å². The Labute approximate surface area is 162 Å². The zero-order chi connectivity index (χ0) is 17.8. The first-order chi connectivity index (χ1) is 12.1. The van der Waals surface area contributed by atoms with Crippen LogP contribution in [-0.4, -0.2) is 18.1 Å². The SMILES string of the molecule is CCN(CC)c1ccc(Nc2nc(-c3ccc(Cl)c(Cl)c3)cs2)cc1. The van der Waals surface area contributed by atoms with Crippen molar-refractivity contribution >= 4 is 51.0 Å². The summed E-state index contributed by atoms with van der Waals surface area (Å²) in [6, 6.07) is 14.0. The number of rotatable bonds is 6. The number of nitrogens with one attached hydrogen (secondary N) is 1. The van der Waals surface area contributed by atoms with Crippen LogP contribution in [0.1, 0.15) is 13.8 Å². The highest BCUT2D eigenvalue weighted by atomic mass is 35.5. The van der Waals surface area contributed by atoms with E-state index in [1.807, 2.05) is 17.5 Å². The van der Waals surface area contributed by atoms with Crippen LogP contribution in [0.15, 0.2) is 47.8 Å². The molecule has 0 spiro atoms. The fourth-order valence-electron chi connectivity index (χ4n) is 2.59. The molecule has 25 heavy (non-hydrogen) atoms. The predicted octanol–water partition coefficient (Wildman–Crippen LogP) is 6.71. The Morgan fingerprint density at radius 1 is 1.00 bits per heavy atom. The smallest absolute Gasteiger partial charge is 0.187 e. The average Bonchev–Trinajstić information content (AvgIpc) is 3.08. The van der Waals surface area contributed by atoms with Crippen LogP contribution in [-0.2, 0) is 0 Å². The summed E-state index contributed by atoms with van der Waals surface area (Å²) in [6.45, 7) is 6.33. The molecule has 130 valence electrons. The summed E-state index contributed by atoms with van der Waals surface area (Å²) in [5, 5.41) is 7.29. The minimum Gasteiger partial charge on any atom is -0.372 e. The van der Waals surface area contributed by atoms with Gasteiger partial charge in [0.25, 0.3) is 0 Å². The molecule has 1 heterocycles. The van der Waals surface area contributed by atoms with E-state index < -0.39 is 0 Å². The van der Waals surface area contributed by atoms with Crippen molar-refractivity contribution in [3.8, 4) is 11.3 Å². The third kappa shape index (κ3) is 4.27. The molecule has 0 saturated carbocycles. The molecule has 0 aliphatic heterocycles. The van der Waals surface area contributed by atoms with Crippen molar-refractivity contribution in [3.63, 3.8) is 0 Å². The normalized spacial score (nSPS) is 10.7. The minimum atomic E-state index is 0.536. The molecule has 0 fully saturated rings. The molecule has 6 heteroatoms. The van der Waals surface area contributed by atoms with Crippen molar-refractivity contribution in [3.05, 3.63) is 57.9 Å². The van der Waals surface area contributed by atoms with E-state index in [9.17, 15) is 0 Å². The first-order valence-electron chi connectivity index (χ1n) is 8.13. The van der Waals surface area contributed by atoms with Gasteiger partial charge in [-0.15, -0.1) is 11.3 Å². The maximum atomic E-state index is 6.09. The Morgan fingerprint density at radius 2 is 1.72 bits per heavy atom. The summed E-state index contributed by atoms with van der Waals surface area (Å²) in [5.74, 6) is 0. The van der Waals surface area contributed by atoms with Crippen molar-refractivity contribution in [2.45, 2.75) is 13.8 Å². The first-order valence-corrected chi connectivity index (χ1v) is 9.77. The van der Waals surface area contributed by atoms with Gasteiger partial charge in [0, 0.05) is 35.4 Å². The third-order valence-corrected chi connectivity index (χ3v) is 5.46. The number of hydrogen-bond donors (Lipinski definition) is 1. The number of halogens is 2. The highest BCUT2D eigenvalue weighted by molar-refractivity contribution is 7.14. The number of thiazole rings is 1. The van der Waals surface area contributed by atoms with Crippen LogP contribution in [0.4, 0.5) is 16.5 Å². The van der Waals surface area contributed by atoms with Crippen LogP contribution in [0.2, 0.25) is 10.0 Å². The molecule has 0 aliphatic rings. The molecule has 0 bridgehead atoms. The second kappa shape index (κ2) is 8.09. The van der Waals surface area contributed by atoms with Crippen molar-refractivity contribution in [2.75, 3.05) is 23.3 Å². The largest absolute Gasteiger partial charge is 0.372 e. The van der Waals surface area contributed by atoms with Crippen molar-refractivity contribution < 1.29 is 0 Å². The molecule has 0 radical (unpaired) electrons. The molecule has 3 nitrogen and oxygen atoms in total. The third-order valence-electron chi connectivity index (χ3n) is 3.97. The highest BCUT2D eigenvalue weighted by Crippen LogP contribution is 2.31. The Balaban J connectivity index is 1.74. The standard InChI is InChI=1S/C19H19Cl2N3S/c1-3-24(4-2)15-8-6-14(7-9-15)22-19-23-18(12-25-19)13-5-10-16(20)17(21)11-13/h5-12H,3-4H2,1-2H3,(H,22,23). The molecule has 1 N–H and O–H groups in total. The van der Waals surface area contributed by atoms with Crippen LogP contribution < -0.4 is 10.2 Å². The van der Waals surface area contributed by atoms with Gasteiger partial charge in [-0.25, -0.2) is 4.98 Å². The van der Waals surface area contributed by atoms with Gasteiger partial charge in [-0.3, -0.25) is 0 Å². The van der Waals surface area contributed by atoms with Gasteiger partial charge in [0.1, 0.15) is 0 Å². The Morgan fingerprint density at radius 3 is 2.36 bits per heavy atom. The zero-order valence-electron chi connectivity index (χ0n) is 14.1. The molecule has 0 saturated heterocycles. The van der Waals surface area contributed by atoms with E-state index in [4.69, 9.17) is 23.2 Å². The molecule has 0 unspecified atom stereocenters. The summed E-state index contributed by atoms with van der Waals surface area (Å²) in [5.41, 5.74) is 4.08. The molecular formula is C19H19Cl2N3S. The van der Waals surface area contributed by atoms with Gasteiger partial charge in [-0.2, -0.15) is 0 Å². The molecule has 2 aromatic carbocycles. The fraction of sp³-hybridized carbons (Fsp3) is 0.211. The molecular weight excluding hydrogens is 373 g/mol. The second-order valence-corrected chi connectivity index (χ2v) is 7.18. The molecule has 1 aromatic heterocycles. The van der Waals surface area contributed by atoms with E-state index in [1.165, 1.54) is 5.69 Å². The van der Waals surface area contributed by atoms with Crippen molar-refractivity contribution in [2.24, 2.45) is 0 Å².